The van der Waals surface area contributed by atoms with Crippen LogP contribution in [0.3, 0.4) is 0 Å². The molecule has 2 fully saturated rings. The Morgan fingerprint density at radius 1 is 1.50 bits per heavy atom. The van der Waals surface area contributed by atoms with Crippen LogP contribution in [0.15, 0.2) is 0 Å². The fourth-order valence-electron chi connectivity index (χ4n) is 1.91. The number of rotatable bonds is 1. The van der Waals surface area contributed by atoms with Gasteiger partial charge in [-0.05, 0) is 19.8 Å². The standard InChI is InChI=1S/C10H15NO/c1-2-5-10(12)6-7-11(8-10)9-3-4-9/h9,12H,3-4,6-8H2,1H3. The third-order valence-corrected chi connectivity index (χ3v) is 2.70. The van der Waals surface area contributed by atoms with Crippen molar-refractivity contribution in [3.8, 4) is 11.8 Å². The van der Waals surface area contributed by atoms with E-state index in [4.69, 9.17) is 0 Å². The molecule has 0 radical (unpaired) electrons. The van der Waals surface area contributed by atoms with Gasteiger partial charge in [0, 0.05) is 25.6 Å². The molecule has 2 nitrogen and oxygen atoms in total. The Bertz CT molecular complexity index is 236. The maximum Gasteiger partial charge on any atom is 0.139 e. The van der Waals surface area contributed by atoms with Crippen LogP contribution >= 0.6 is 0 Å². The zero-order chi connectivity index (χ0) is 8.60. The molecule has 1 aliphatic heterocycles. The van der Waals surface area contributed by atoms with Crippen LogP contribution < -0.4 is 0 Å². The Hall–Kier alpha value is -0.520. The quantitative estimate of drug-likeness (QED) is 0.575. The lowest BCUT2D eigenvalue weighted by Gasteiger charge is -2.17. The predicted molar refractivity (Wildman–Crippen MR) is 47.6 cm³/mol. The summed E-state index contributed by atoms with van der Waals surface area (Å²) in [7, 11) is 0. The zero-order valence-electron chi connectivity index (χ0n) is 7.51. The van der Waals surface area contributed by atoms with Crippen LogP contribution in [0.4, 0.5) is 0 Å². The molecule has 0 amide bonds. The van der Waals surface area contributed by atoms with Crippen molar-refractivity contribution in [3.05, 3.63) is 0 Å². The Labute approximate surface area is 73.6 Å². The van der Waals surface area contributed by atoms with E-state index in [9.17, 15) is 5.11 Å². The van der Waals surface area contributed by atoms with E-state index < -0.39 is 5.60 Å². The van der Waals surface area contributed by atoms with Gasteiger partial charge in [-0.15, -0.1) is 5.92 Å². The molecule has 1 unspecified atom stereocenters. The molecule has 2 rings (SSSR count). The number of nitrogens with zero attached hydrogens (tertiary/aromatic N) is 1. The van der Waals surface area contributed by atoms with Crippen molar-refractivity contribution in [2.75, 3.05) is 13.1 Å². The molecule has 1 saturated carbocycles. The third-order valence-electron chi connectivity index (χ3n) is 2.70. The van der Waals surface area contributed by atoms with E-state index in [0.717, 1.165) is 25.6 Å². The largest absolute Gasteiger partial charge is 0.376 e. The van der Waals surface area contributed by atoms with E-state index in [-0.39, 0.29) is 0 Å². The van der Waals surface area contributed by atoms with Gasteiger partial charge in [0.15, 0.2) is 0 Å². The Morgan fingerprint density at radius 3 is 2.83 bits per heavy atom. The molecule has 0 aromatic carbocycles. The summed E-state index contributed by atoms with van der Waals surface area (Å²) in [6.07, 6.45) is 3.45. The molecule has 0 aromatic heterocycles. The van der Waals surface area contributed by atoms with Crippen LogP contribution in [0.2, 0.25) is 0 Å². The molecule has 0 bridgehead atoms. The molecule has 12 heavy (non-hydrogen) atoms. The summed E-state index contributed by atoms with van der Waals surface area (Å²) in [5, 5.41) is 9.92. The summed E-state index contributed by atoms with van der Waals surface area (Å²) >= 11 is 0. The van der Waals surface area contributed by atoms with Crippen LogP contribution in [-0.2, 0) is 0 Å². The second-order valence-electron chi connectivity index (χ2n) is 3.86. The predicted octanol–water partition coefficient (Wildman–Crippen LogP) is 0.609. The van der Waals surface area contributed by atoms with Gasteiger partial charge in [0.05, 0.1) is 0 Å². The average Bonchev–Trinajstić information content (AvgIpc) is 2.78. The molecule has 1 aliphatic carbocycles. The summed E-state index contributed by atoms with van der Waals surface area (Å²) in [5.41, 5.74) is -0.697. The van der Waals surface area contributed by atoms with Crippen molar-refractivity contribution >= 4 is 0 Å². The van der Waals surface area contributed by atoms with Crippen molar-refractivity contribution in [3.63, 3.8) is 0 Å². The minimum absolute atomic E-state index is 0.697. The van der Waals surface area contributed by atoms with Crippen molar-refractivity contribution in [2.45, 2.75) is 37.8 Å². The summed E-state index contributed by atoms with van der Waals surface area (Å²) in [6, 6.07) is 0.762. The fourth-order valence-corrected chi connectivity index (χ4v) is 1.91. The van der Waals surface area contributed by atoms with E-state index >= 15 is 0 Å². The van der Waals surface area contributed by atoms with Gasteiger partial charge in [-0.3, -0.25) is 4.90 Å². The lowest BCUT2D eigenvalue weighted by Crippen LogP contribution is -2.32. The number of hydrogen-bond acceptors (Lipinski definition) is 2. The van der Waals surface area contributed by atoms with Gasteiger partial charge in [-0.1, -0.05) is 5.92 Å². The van der Waals surface area contributed by atoms with E-state index in [1.165, 1.54) is 12.8 Å². The second-order valence-corrected chi connectivity index (χ2v) is 3.86. The molecule has 1 heterocycles. The average molecular weight is 165 g/mol. The van der Waals surface area contributed by atoms with E-state index in [0.29, 0.717) is 0 Å². The van der Waals surface area contributed by atoms with Crippen LogP contribution in [0, 0.1) is 11.8 Å². The number of likely N-dealkylation sites (tertiary alicyclic amines) is 1. The summed E-state index contributed by atoms with van der Waals surface area (Å²) in [4.78, 5) is 2.37. The zero-order valence-corrected chi connectivity index (χ0v) is 7.51. The monoisotopic (exact) mass is 165 g/mol. The van der Waals surface area contributed by atoms with Crippen LogP contribution in [0.5, 0.6) is 0 Å². The molecule has 66 valence electrons. The molecule has 0 spiro atoms. The van der Waals surface area contributed by atoms with Gasteiger partial charge in [-0.25, -0.2) is 0 Å². The Kier molecular flexibility index (Phi) is 1.86. The van der Waals surface area contributed by atoms with Crippen molar-refractivity contribution in [2.24, 2.45) is 0 Å². The van der Waals surface area contributed by atoms with Gasteiger partial charge in [0.2, 0.25) is 0 Å². The number of aliphatic hydroxyl groups is 1. The number of hydrogen-bond donors (Lipinski definition) is 1. The van der Waals surface area contributed by atoms with E-state index in [1.807, 2.05) is 0 Å². The maximum absolute atomic E-state index is 9.92. The highest BCUT2D eigenvalue weighted by Crippen LogP contribution is 2.32. The summed E-state index contributed by atoms with van der Waals surface area (Å²) < 4.78 is 0. The molecule has 0 aromatic rings. The highest BCUT2D eigenvalue weighted by molar-refractivity contribution is 5.17. The van der Waals surface area contributed by atoms with Gasteiger partial charge < -0.3 is 5.11 Å². The molecule has 1 saturated heterocycles. The van der Waals surface area contributed by atoms with Crippen LogP contribution in [0.25, 0.3) is 0 Å². The third kappa shape index (κ3) is 1.48. The normalized spacial score (nSPS) is 36.2. The molecule has 1 atom stereocenters. The molecular formula is C10H15NO. The maximum atomic E-state index is 9.92. The first-order valence-electron chi connectivity index (χ1n) is 4.64. The van der Waals surface area contributed by atoms with Crippen molar-refractivity contribution in [1.29, 1.82) is 0 Å². The smallest absolute Gasteiger partial charge is 0.139 e. The highest BCUT2D eigenvalue weighted by atomic mass is 16.3. The van der Waals surface area contributed by atoms with Gasteiger partial charge >= 0.3 is 0 Å². The summed E-state index contributed by atoms with van der Waals surface area (Å²) in [6.45, 7) is 3.58. The fraction of sp³-hybridized carbons (Fsp3) is 0.800. The Balaban J connectivity index is 1.98. The molecule has 2 aliphatic rings. The van der Waals surface area contributed by atoms with E-state index in [1.54, 1.807) is 6.92 Å². The molecule has 2 heteroatoms. The van der Waals surface area contributed by atoms with Gasteiger partial charge in [0.25, 0.3) is 0 Å². The molecular weight excluding hydrogens is 150 g/mol. The van der Waals surface area contributed by atoms with Gasteiger partial charge in [0.1, 0.15) is 5.60 Å². The van der Waals surface area contributed by atoms with Crippen LogP contribution in [-0.4, -0.2) is 34.7 Å². The first-order valence-corrected chi connectivity index (χ1v) is 4.64. The van der Waals surface area contributed by atoms with Crippen LogP contribution in [0.1, 0.15) is 26.2 Å². The highest BCUT2D eigenvalue weighted by Gasteiger charge is 2.40. The minimum Gasteiger partial charge on any atom is -0.376 e. The molecule has 1 N–H and O–H groups in total. The number of β-amino-alcohol motifs (C(OH)–C–C–N with tert-alkyl or cyclic N) is 1. The summed E-state index contributed by atoms with van der Waals surface area (Å²) in [5.74, 6) is 5.70. The lowest BCUT2D eigenvalue weighted by atomic mass is 10.1. The van der Waals surface area contributed by atoms with Crippen molar-refractivity contribution < 1.29 is 5.11 Å². The SMILES string of the molecule is CC#CC1(O)CCN(C2CC2)C1. The van der Waals surface area contributed by atoms with E-state index in [2.05, 4.69) is 16.7 Å². The second kappa shape index (κ2) is 2.76. The Morgan fingerprint density at radius 2 is 2.25 bits per heavy atom. The van der Waals surface area contributed by atoms with Gasteiger partial charge in [-0.2, -0.15) is 0 Å². The lowest BCUT2D eigenvalue weighted by molar-refractivity contribution is 0.107. The first-order chi connectivity index (χ1) is 5.73. The van der Waals surface area contributed by atoms with Crippen molar-refractivity contribution in [1.82, 2.24) is 4.90 Å². The first kappa shape index (κ1) is 8.10. The topological polar surface area (TPSA) is 23.5 Å². The minimum atomic E-state index is -0.697.